The van der Waals surface area contributed by atoms with Crippen molar-refractivity contribution in [2.75, 3.05) is 31.5 Å². The molecular formula is C25H25F4N5O. The SMILES string of the molecule is O=C(c1cc2n(n1)[C@H](C(F)(F)F)C[C@H](c1ccc(F)cc1)N2)N1CCN(Cc2ccccc2)CC1. The molecule has 1 saturated heterocycles. The van der Waals surface area contributed by atoms with Crippen molar-refractivity contribution >= 4 is 11.7 Å². The maximum atomic E-state index is 13.9. The van der Waals surface area contributed by atoms with Gasteiger partial charge in [-0.15, -0.1) is 0 Å². The molecular weight excluding hydrogens is 462 g/mol. The van der Waals surface area contributed by atoms with Gasteiger partial charge in [-0.3, -0.25) is 9.69 Å². The Bertz CT molecular complexity index is 1170. The maximum Gasteiger partial charge on any atom is 0.410 e. The van der Waals surface area contributed by atoms with Gasteiger partial charge >= 0.3 is 6.18 Å². The van der Waals surface area contributed by atoms with Crippen molar-refractivity contribution in [3.05, 3.63) is 83.3 Å². The first-order valence-corrected chi connectivity index (χ1v) is 11.5. The predicted molar refractivity (Wildman–Crippen MR) is 122 cm³/mol. The van der Waals surface area contributed by atoms with Crippen LogP contribution in [0.3, 0.4) is 0 Å². The molecule has 5 rings (SSSR count). The number of anilines is 1. The number of rotatable bonds is 4. The van der Waals surface area contributed by atoms with E-state index in [1.165, 1.54) is 35.9 Å². The number of benzene rings is 2. The number of nitrogens with one attached hydrogen (secondary N) is 1. The Morgan fingerprint density at radius 2 is 1.69 bits per heavy atom. The number of amides is 1. The highest BCUT2D eigenvalue weighted by Gasteiger charge is 2.47. The molecule has 35 heavy (non-hydrogen) atoms. The lowest BCUT2D eigenvalue weighted by molar-refractivity contribution is -0.173. The number of nitrogens with zero attached hydrogens (tertiary/aromatic N) is 4. The fraction of sp³-hybridized carbons (Fsp3) is 0.360. The van der Waals surface area contributed by atoms with Gasteiger partial charge in [-0.2, -0.15) is 18.3 Å². The third-order valence-electron chi connectivity index (χ3n) is 6.59. The largest absolute Gasteiger partial charge is 0.410 e. The fourth-order valence-electron chi connectivity index (χ4n) is 4.70. The van der Waals surface area contributed by atoms with E-state index < -0.39 is 24.1 Å². The molecule has 184 valence electrons. The maximum absolute atomic E-state index is 13.9. The number of carbonyl (C=O) groups is 1. The second-order valence-corrected chi connectivity index (χ2v) is 8.95. The van der Waals surface area contributed by atoms with Gasteiger partial charge in [-0.05, 0) is 23.3 Å². The van der Waals surface area contributed by atoms with Crippen LogP contribution in [0.2, 0.25) is 0 Å². The summed E-state index contributed by atoms with van der Waals surface area (Å²) in [6.45, 7) is 3.07. The average Bonchev–Trinajstić information content (AvgIpc) is 3.28. The molecule has 2 aromatic carbocycles. The molecule has 2 aliphatic rings. The molecule has 2 atom stereocenters. The van der Waals surface area contributed by atoms with Crippen LogP contribution in [0.5, 0.6) is 0 Å². The van der Waals surface area contributed by atoms with Crippen molar-refractivity contribution in [1.82, 2.24) is 19.6 Å². The summed E-state index contributed by atoms with van der Waals surface area (Å²) in [5, 5.41) is 7.12. The molecule has 0 unspecified atom stereocenters. The molecule has 1 amide bonds. The Morgan fingerprint density at radius 1 is 1.00 bits per heavy atom. The van der Waals surface area contributed by atoms with E-state index in [1.807, 2.05) is 18.2 Å². The van der Waals surface area contributed by atoms with Crippen LogP contribution in [-0.4, -0.2) is 57.8 Å². The normalized spacial score (nSPS) is 20.9. The minimum atomic E-state index is -4.55. The molecule has 3 aromatic rings. The van der Waals surface area contributed by atoms with Crippen LogP contribution in [-0.2, 0) is 6.54 Å². The van der Waals surface area contributed by atoms with Crippen LogP contribution in [0.1, 0.15) is 40.1 Å². The molecule has 6 nitrogen and oxygen atoms in total. The highest BCUT2D eigenvalue weighted by molar-refractivity contribution is 5.93. The molecule has 0 radical (unpaired) electrons. The van der Waals surface area contributed by atoms with E-state index in [4.69, 9.17) is 0 Å². The van der Waals surface area contributed by atoms with Crippen molar-refractivity contribution in [3.8, 4) is 0 Å². The summed E-state index contributed by atoms with van der Waals surface area (Å²) in [5.74, 6) is -0.718. The average molecular weight is 488 g/mol. The van der Waals surface area contributed by atoms with Crippen LogP contribution in [0.15, 0.2) is 60.7 Å². The van der Waals surface area contributed by atoms with E-state index in [9.17, 15) is 22.4 Å². The summed E-state index contributed by atoms with van der Waals surface area (Å²) in [7, 11) is 0. The molecule has 1 aromatic heterocycles. The minimum absolute atomic E-state index is 0.0157. The van der Waals surface area contributed by atoms with Gasteiger partial charge in [0.2, 0.25) is 0 Å². The second-order valence-electron chi connectivity index (χ2n) is 8.95. The van der Waals surface area contributed by atoms with Crippen molar-refractivity contribution in [2.45, 2.75) is 31.2 Å². The Balaban J connectivity index is 1.30. The summed E-state index contributed by atoms with van der Waals surface area (Å²) >= 11 is 0. The zero-order valence-corrected chi connectivity index (χ0v) is 18.9. The van der Waals surface area contributed by atoms with E-state index in [0.717, 1.165) is 11.2 Å². The molecule has 1 fully saturated rings. The van der Waals surface area contributed by atoms with Gasteiger partial charge in [0.1, 0.15) is 11.6 Å². The molecule has 0 saturated carbocycles. The van der Waals surface area contributed by atoms with Crippen LogP contribution in [0.4, 0.5) is 23.4 Å². The fourth-order valence-corrected chi connectivity index (χ4v) is 4.70. The predicted octanol–water partition coefficient (Wildman–Crippen LogP) is 4.64. The van der Waals surface area contributed by atoms with Crippen molar-refractivity contribution in [3.63, 3.8) is 0 Å². The highest BCUT2D eigenvalue weighted by Crippen LogP contribution is 2.43. The number of piperazine rings is 1. The summed E-state index contributed by atoms with van der Waals surface area (Å²) in [5.41, 5.74) is 1.71. The molecule has 1 N–H and O–H groups in total. The van der Waals surface area contributed by atoms with Gasteiger partial charge in [0, 0.05) is 45.2 Å². The molecule has 0 aliphatic carbocycles. The topological polar surface area (TPSA) is 53.4 Å². The molecule has 0 bridgehead atoms. The standard InChI is InChI=1S/C25H25F4N5O/c26-19-8-6-18(7-9-19)20-14-22(25(27,28)29)34-23(30-20)15-21(31-34)24(35)33-12-10-32(11-13-33)16-17-4-2-1-3-5-17/h1-9,15,20,22,30H,10-14,16H2/t20-,22+/m1/s1. The number of alkyl halides is 3. The second kappa shape index (κ2) is 9.33. The number of halogens is 4. The summed E-state index contributed by atoms with van der Waals surface area (Å²) in [6, 6.07) is 14.2. The Labute approximate surface area is 200 Å². The smallest absolute Gasteiger partial charge is 0.363 e. The number of fused-ring (bicyclic) bond motifs is 1. The summed E-state index contributed by atoms with van der Waals surface area (Å²) < 4.78 is 55.9. The Morgan fingerprint density at radius 3 is 2.34 bits per heavy atom. The zero-order chi connectivity index (χ0) is 24.6. The van der Waals surface area contributed by atoms with E-state index in [-0.39, 0.29) is 23.8 Å². The number of carbonyl (C=O) groups excluding carboxylic acids is 1. The van der Waals surface area contributed by atoms with Gasteiger partial charge < -0.3 is 10.2 Å². The Kier molecular flexibility index (Phi) is 6.22. The van der Waals surface area contributed by atoms with Crippen molar-refractivity contribution in [1.29, 1.82) is 0 Å². The van der Waals surface area contributed by atoms with Gasteiger partial charge in [0.15, 0.2) is 11.7 Å². The van der Waals surface area contributed by atoms with Crippen molar-refractivity contribution < 1.29 is 22.4 Å². The zero-order valence-electron chi connectivity index (χ0n) is 18.9. The van der Waals surface area contributed by atoms with E-state index in [2.05, 4.69) is 27.4 Å². The number of aromatic nitrogens is 2. The van der Waals surface area contributed by atoms with Crippen LogP contribution < -0.4 is 5.32 Å². The molecule has 0 spiro atoms. The molecule has 3 heterocycles. The van der Waals surface area contributed by atoms with Crippen LogP contribution in [0, 0.1) is 5.82 Å². The van der Waals surface area contributed by atoms with Crippen LogP contribution in [0.25, 0.3) is 0 Å². The van der Waals surface area contributed by atoms with Gasteiger partial charge in [0.05, 0.1) is 6.04 Å². The summed E-state index contributed by atoms with van der Waals surface area (Å²) in [6.07, 6.45) is -4.86. The van der Waals surface area contributed by atoms with E-state index in [0.29, 0.717) is 31.7 Å². The van der Waals surface area contributed by atoms with Gasteiger partial charge in [0.25, 0.3) is 5.91 Å². The third kappa shape index (κ3) is 5.02. The van der Waals surface area contributed by atoms with Crippen LogP contribution >= 0.6 is 0 Å². The van der Waals surface area contributed by atoms with Gasteiger partial charge in [-0.25, -0.2) is 9.07 Å². The minimum Gasteiger partial charge on any atom is -0.363 e. The highest BCUT2D eigenvalue weighted by atomic mass is 19.4. The van der Waals surface area contributed by atoms with E-state index in [1.54, 1.807) is 4.90 Å². The lowest BCUT2D eigenvalue weighted by Gasteiger charge is -2.34. The summed E-state index contributed by atoms with van der Waals surface area (Å²) in [4.78, 5) is 17.0. The number of hydrogen-bond donors (Lipinski definition) is 1. The lowest BCUT2D eigenvalue weighted by atomic mass is 9.97. The lowest BCUT2D eigenvalue weighted by Crippen LogP contribution is -2.48. The molecule has 2 aliphatic heterocycles. The molecule has 10 heteroatoms. The third-order valence-corrected chi connectivity index (χ3v) is 6.59. The first-order valence-electron chi connectivity index (χ1n) is 11.5. The Hall–Kier alpha value is -3.40. The van der Waals surface area contributed by atoms with Crippen molar-refractivity contribution in [2.24, 2.45) is 0 Å². The monoisotopic (exact) mass is 487 g/mol. The van der Waals surface area contributed by atoms with E-state index >= 15 is 0 Å². The number of hydrogen-bond acceptors (Lipinski definition) is 4. The first kappa shape index (κ1) is 23.3. The quantitative estimate of drug-likeness (QED) is 0.545. The van der Waals surface area contributed by atoms with Gasteiger partial charge in [-0.1, -0.05) is 42.5 Å². The first-order chi connectivity index (χ1) is 16.8.